The van der Waals surface area contributed by atoms with Crippen molar-refractivity contribution < 1.29 is 18.3 Å². The molecule has 4 nitrogen and oxygen atoms in total. The van der Waals surface area contributed by atoms with Gasteiger partial charge in [-0.15, -0.1) is 0 Å². The van der Waals surface area contributed by atoms with Crippen LogP contribution in [-0.4, -0.2) is 61.1 Å². The first-order valence-electron chi connectivity index (χ1n) is 8.60. The number of rotatable bonds is 3. The van der Waals surface area contributed by atoms with E-state index in [-0.39, 0.29) is 0 Å². The quantitative estimate of drug-likeness (QED) is 0.849. The third kappa shape index (κ3) is 3.59. The molecule has 2 saturated heterocycles. The molecular formula is C18H24F2N2O2. The SMILES string of the molecule is COC1CCN(C2CCN(C(=O)c3c(F)cccc3F)CC2)CC1. The van der Waals surface area contributed by atoms with Gasteiger partial charge in [0.05, 0.1) is 6.10 Å². The van der Waals surface area contributed by atoms with Crippen LogP contribution in [0.3, 0.4) is 0 Å². The summed E-state index contributed by atoms with van der Waals surface area (Å²) in [5, 5.41) is 0. The Morgan fingerprint density at radius 2 is 1.62 bits per heavy atom. The molecule has 0 saturated carbocycles. The standard InChI is InChI=1S/C18H24F2N2O2/c1-24-14-7-11-21(12-8-14)13-5-9-22(10-6-13)18(23)17-15(19)3-2-4-16(17)20/h2-4,13-14H,5-12H2,1H3. The van der Waals surface area contributed by atoms with Crippen LogP contribution in [0.15, 0.2) is 18.2 Å². The Kier molecular flexibility index (Phi) is 5.46. The zero-order chi connectivity index (χ0) is 17.1. The first-order valence-corrected chi connectivity index (χ1v) is 8.60. The highest BCUT2D eigenvalue weighted by Crippen LogP contribution is 2.24. The molecule has 132 valence electrons. The Bertz CT molecular complexity index is 560. The van der Waals surface area contributed by atoms with E-state index >= 15 is 0 Å². The normalized spacial score (nSPS) is 21.2. The maximum Gasteiger partial charge on any atom is 0.259 e. The molecule has 0 spiro atoms. The van der Waals surface area contributed by atoms with E-state index in [0.29, 0.717) is 25.2 Å². The third-order valence-electron chi connectivity index (χ3n) is 5.25. The summed E-state index contributed by atoms with van der Waals surface area (Å²) >= 11 is 0. The summed E-state index contributed by atoms with van der Waals surface area (Å²) in [7, 11) is 1.76. The van der Waals surface area contributed by atoms with E-state index in [1.807, 2.05) is 0 Å². The van der Waals surface area contributed by atoms with Gasteiger partial charge >= 0.3 is 0 Å². The van der Waals surface area contributed by atoms with E-state index in [4.69, 9.17) is 4.74 Å². The summed E-state index contributed by atoms with van der Waals surface area (Å²) < 4.78 is 33.0. The van der Waals surface area contributed by atoms with Crippen molar-refractivity contribution in [2.24, 2.45) is 0 Å². The second kappa shape index (κ2) is 7.57. The number of nitrogens with zero attached hydrogens (tertiary/aromatic N) is 2. The fraction of sp³-hybridized carbons (Fsp3) is 0.611. The highest BCUT2D eigenvalue weighted by Gasteiger charge is 2.31. The molecule has 2 heterocycles. The Hall–Kier alpha value is -1.53. The second-order valence-electron chi connectivity index (χ2n) is 6.59. The van der Waals surface area contributed by atoms with Gasteiger partial charge in [-0.1, -0.05) is 6.07 Å². The van der Waals surface area contributed by atoms with Crippen LogP contribution in [0.1, 0.15) is 36.0 Å². The van der Waals surface area contributed by atoms with Crippen LogP contribution in [0.4, 0.5) is 8.78 Å². The van der Waals surface area contributed by atoms with Crippen LogP contribution >= 0.6 is 0 Å². The highest BCUT2D eigenvalue weighted by atomic mass is 19.1. The van der Waals surface area contributed by atoms with Crippen molar-refractivity contribution in [2.75, 3.05) is 33.3 Å². The zero-order valence-corrected chi connectivity index (χ0v) is 14.0. The minimum absolute atomic E-state index is 0.354. The number of piperidine rings is 2. The maximum atomic E-state index is 13.8. The van der Waals surface area contributed by atoms with Crippen LogP contribution < -0.4 is 0 Å². The van der Waals surface area contributed by atoms with Crippen molar-refractivity contribution in [1.82, 2.24) is 9.80 Å². The van der Waals surface area contributed by atoms with Gasteiger partial charge in [0, 0.05) is 39.3 Å². The van der Waals surface area contributed by atoms with Gasteiger partial charge in [0.25, 0.3) is 5.91 Å². The van der Waals surface area contributed by atoms with E-state index in [0.717, 1.165) is 50.9 Å². The number of methoxy groups -OCH3 is 1. The molecule has 0 unspecified atom stereocenters. The van der Waals surface area contributed by atoms with Crippen molar-refractivity contribution >= 4 is 5.91 Å². The number of ether oxygens (including phenoxy) is 1. The molecule has 3 rings (SSSR count). The number of hydrogen-bond acceptors (Lipinski definition) is 3. The van der Waals surface area contributed by atoms with Crippen LogP contribution in [0.5, 0.6) is 0 Å². The molecule has 0 aliphatic carbocycles. The van der Waals surface area contributed by atoms with E-state index < -0.39 is 23.1 Å². The fourth-order valence-corrected chi connectivity index (χ4v) is 3.77. The largest absolute Gasteiger partial charge is 0.381 e. The number of carbonyl (C=O) groups excluding carboxylic acids is 1. The summed E-state index contributed by atoms with van der Waals surface area (Å²) in [6.45, 7) is 3.11. The van der Waals surface area contributed by atoms with Gasteiger partial charge in [-0.05, 0) is 37.8 Å². The number of benzene rings is 1. The van der Waals surface area contributed by atoms with E-state index in [9.17, 15) is 13.6 Å². The van der Waals surface area contributed by atoms with Crippen molar-refractivity contribution in [3.8, 4) is 0 Å². The minimum atomic E-state index is -0.788. The van der Waals surface area contributed by atoms with Gasteiger partial charge in [-0.3, -0.25) is 4.79 Å². The van der Waals surface area contributed by atoms with E-state index in [2.05, 4.69) is 4.90 Å². The molecule has 1 aromatic carbocycles. The molecule has 6 heteroatoms. The van der Waals surface area contributed by atoms with Gasteiger partial charge in [-0.2, -0.15) is 0 Å². The van der Waals surface area contributed by atoms with E-state index in [1.165, 1.54) is 6.07 Å². The van der Waals surface area contributed by atoms with Crippen LogP contribution in [0, 0.1) is 11.6 Å². The maximum absolute atomic E-state index is 13.8. The summed E-state index contributed by atoms with van der Waals surface area (Å²) in [5.41, 5.74) is -0.433. The van der Waals surface area contributed by atoms with Gasteiger partial charge < -0.3 is 14.5 Å². The molecule has 1 amide bonds. The Balaban J connectivity index is 1.56. The third-order valence-corrected chi connectivity index (χ3v) is 5.25. The topological polar surface area (TPSA) is 32.8 Å². The lowest BCUT2D eigenvalue weighted by Gasteiger charge is -2.41. The van der Waals surface area contributed by atoms with Crippen LogP contribution in [0.2, 0.25) is 0 Å². The molecule has 0 N–H and O–H groups in total. The van der Waals surface area contributed by atoms with Crippen LogP contribution in [0.25, 0.3) is 0 Å². The lowest BCUT2D eigenvalue weighted by Crippen LogP contribution is -2.49. The molecule has 24 heavy (non-hydrogen) atoms. The number of likely N-dealkylation sites (tertiary alicyclic amines) is 2. The lowest BCUT2D eigenvalue weighted by atomic mass is 9.98. The monoisotopic (exact) mass is 338 g/mol. The highest BCUT2D eigenvalue weighted by molar-refractivity contribution is 5.94. The molecule has 0 radical (unpaired) electrons. The Morgan fingerprint density at radius 1 is 1.04 bits per heavy atom. The van der Waals surface area contributed by atoms with Crippen molar-refractivity contribution in [3.63, 3.8) is 0 Å². The van der Waals surface area contributed by atoms with Crippen molar-refractivity contribution in [1.29, 1.82) is 0 Å². The van der Waals surface area contributed by atoms with Crippen molar-refractivity contribution in [3.05, 3.63) is 35.4 Å². The van der Waals surface area contributed by atoms with Gasteiger partial charge in [0.2, 0.25) is 0 Å². The summed E-state index contributed by atoms with van der Waals surface area (Å²) in [6.07, 6.45) is 4.12. The van der Waals surface area contributed by atoms with Gasteiger partial charge in [-0.25, -0.2) is 8.78 Å². The zero-order valence-electron chi connectivity index (χ0n) is 14.0. The Morgan fingerprint density at radius 3 is 2.17 bits per heavy atom. The molecule has 2 aliphatic rings. The van der Waals surface area contributed by atoms with Crippen LogP contribution in [-0.2, 0) is 4.74 Å². The second-order valence-corrected chi connectivity index (χ2v) is 6.59. The average Bonchev–Trinajstić information content (AvgIpc) is 2.62. The van der Waals surface area contributed by atoms with Gasteiger partial charge in [0.15, 0.2) is 0 Å². The predicted molar refractivity (Wildman–Crippen MR) is 86.9 cm³/mol. The molecule has 0 atom stereocenters. The molecule has 2 fully saturated rings. The molecular weight excluding hydrogens is 314 g/mol. The number of halogens is 2. The predicted octanol–water partition coefficient (Wildman–Crippen LogP) is 2.68. The average molecular weight is 338 g/mol. The van der Waals surface area contributed by atoms with Gasteiger partial charge in [0.1, 0.15) is 17.2 Å². The fourth-order valence-electron chi connectivity index (χ4n) is 3.77. The minimum Gasteiger partial charge on any atom is -0.381 e. The molecule has 0 bridgehead atoms. The smallest absolute Gasteiger partial charge is 0.259 e. The number of carbonyl (C=O) groups is 1. The number of hydrogen-bond donors (Lipinski definition) is 0. The molecule has 2 aliphatic heterocycles. The number of amides is 1. The summed E-state index contributed by atoms with van der Waals surface area (Å²) in [4.78, 5) is 16.5. The summed E-state index contributed by atoms with van der Waals surface area (Å²) in [5.74, 6) is -2.12. The summed E-state index contributed by atoms with van der Waals surface area (Å²) in [6, 6.07) is 3.97. The van der Waals surface area contributed by atoms with E-state index in [1.54, 1.807) is 12.0 Å². The van der Waals surface area contributed by atoms with Crippen molar-refractivity contribution in [2.45, 2.75) is 37.8 Å². The molecule has 0 aromatic heterocycles. The first kappa shape index (κ1) is 17.3. The first-order chi connectivity index (χ1) is 11.6. The molecule has 1 aromatic rings. The lowest BCUT2D eigenvalue weighted by molar-refractivity contribution is 0.0144. The Labute approximate surface area is 141 Å².